The van der Waals surface area contributed by atoms with Gasteiger partial charge in [0.25, 0.3) is 0 Å². The van der Waals surface area contributed by atoms with E-state index in [2.05, 4.69) is 11.1 Å². The van der Waals surface area contributed by atoms with E-state index in [4.69, 9.17) is 0 Å². The molecule has 0 fully saturated rings. The van der Waals surface area contributed by atoms with Gasteiger partial charge in [-0.05, 0) is 23.2 Å². The summed E-state index contributed by atoms with van der Waals surface area (Å²) in [5.74, 6) is 0. The highest BCUT2D eigenvalue weighted by atomic mass is 28.4. The molecule has 0 aliphatic rings. The average molecular weight is 262 g/mol. The molecule has 0 rings (SSSR count). The molecule has 0 aliphatic heterocycles. The van der Waals surface area contributed by atoms with Crippen molar-refractivity contribution in [2.45, 2.75) is 64.7 Å². The molecule has 0 nitrogen and oxygen atoms in total. The quantitative estimate of drug-likeness (QED) is 0.389. The van der Waals surface area contributed by atoms with Gasteiger partial charge in [-0.2, -0.15) is 0 Å². The largest absolute Gasteiger partial charge is 0.324 e. The standard InChI is InChI=1S/C12H24F2Si2/c1-7-15(13,11(3)4)9-10-16(14,8-2)12(5)6/h11-12H,7-8H2,1-6H3. The van der Waals surface area contributed by atoms with Crippen LogP contribution in [0.15, 0.2) is 0 Å². The third-order valence-corrected chi connectivity index (χ3v) is 10.4. The summed E-state index contributed by atoms with van der Waals surface area (Å²) in [4.78, 5) is 0. The lowest BCUT2D eigenvalue weighted by atomic mass is 10.6. The molecule has 0 heterocycles. The Balaban J connectivity index is 5.08. The molecule has 16 heavy (non-hydrogen) atoms. The van der Waals surface area contributed by atoms with Crippen LogP contribution in [0, 0.1) is 11.1 Å². The van der Waals surface area contributed by atoms with Crippen molar-refractivity contribution >= 4 is 16.8 Å². The van der Waals surface area contributed by atoms with Crippen molar-refractivity contribution in [2.75, 3.05) is 0 Å². The first-order valence-corrected chi connectivity index (χ1v) is 10.5. The van der Waals surface area contributed by atoms with Crippen molar-refractivity contribution in [3.05, 3.63) is 0 Å². The molecular formula is C12H24F2Si2. The minimum atomic E-state index is -3.04. The summed E-state index contributed by atoms with van der Waals surface area (Å²) in [6, 6.07) is 0.925. The zero-order chi connectivity index (χ0) is 13.0. The Kier molecular flexibility index (Phi) is 5.91. The van der Waals surface area contributed by atoms with Crippen LogP contribution in [0.4, 0.5) is 8.22 Å². The van der Waals surface area contributed by atoms with Crippen LogP contribution in [0.1, 0.15) is 41.5 Å². The first kappa shape index (κ1) is 15.9. The van der Waals surface area contributed by atoms with E-state index in [1.54, 1.807) is 0 Å². The number of halogens is 2. The van der Waals surface area contributed by atoms with Crippen molar-refractivity contribution in [2.24, 2.45) is 0 Å². The highest BCUT2D eigenvalue weighted by Gasteiger charge is 2.38. The second-order valence-corrected chi connectivity index (χ2v) is 12.7. The molecule has 0 amide bonds. The molecule has 2 atom stereocenters. The Morgan fingerprint density at radius 2 is 1.06 bits per heavy atom. The molecule has 94 valence electrons. The Bertz CT molecular complexity index is 254. The van der Waals surface area contributed by atoms with Gasteiger partial charge in [-0.3, -0.25) is 8.22 Å². The molecule has 0 spiro atoms. The summed E-state index contributed by atoms with van der Waals surface area (Å²) in [5, 5.41) is 0. The molecule has 0 aromatic heterocycles. The maximum atomic E-state index is 14.4. The first-order valence-electron chi connectivity index (χ1n) is 6.14. The van der Waals surface area contributed by atoms with Crippen LogP contribution in [-0.4, -0.2) is 16.8 Å². The number of hydrogen-bond acceptors (Lipinski definition) is 0. The Morgan fingerprint density at radius 1 is 0.812 bits per heavy atom. The van der Waals surface area contributed by atoms with Crippen molar-refractivity contribution in [3.63, 3.8) is 0 Å². The highest BCUT2D eigenvalue weighted by Crippen LogP contribution is 2.28. The lowest BCUT2D eigenvalue weighted by molar-refractivity contribution is 0.737. The van der Waals surface area contributed by atoms with E-state index in [9.17, 15) is 8.22 Å². The monoisotopic (exact) mass is 262 g/mol. The van der Waals surface area contributed by atoms with Gasteiger partial charge in [-0.25, -0.2) is 0 Å². The van der Waals surface area contributed by atoms with Gasteiger partial charge in [-0.1, -0.05) is 52.6 Å². The third kappa shape index (κ3) is 3.71. The smallest absolute Gasteiger partial charge is 0.297 e. The van der Waals surface area contributed by atoms with E-state index in [1.165, 1.54) is 0 Å². The summed E-state index contributed by atoms with van der Waals surface area (Å²) in [7, 11) is -6.08. The second-order valence-electron chi connectivity index (χ2n) is 4.99. The molecule has 0 N–H and O–H groups in total. The molecule has 0 radical (unpaired) electrons. The van der Waals surface area contributed by atoms with Crippen LogP contribution < -0.4 is 0 Å². The van der Waals surface area contributed by atoms with Gasteiger partial charge in [0.05, 0.1) is 0 Å². The lowest BCUT2D eigenvalue weighted by Gasteiger charge is -2.21. The van der Waals surface area contributed by atoms with Crippen LogP contribution in [-0.2, 0) is 0 Å². The van der Waals surface area contributed by atoms with Gasteiger partial charge >= 0.3 is 16.8 Å². The Hall–Kier alpha value is -0.146. The van der Waals surface area contributed by atoms with Crippen molar-refractivity contribution in [1.29, 1.82) is 0 Å². The van der Waals surface area contributed by atoms with E-state index < -0.39 is 16.8 Å². The maximum absolute atomic E-state index is 14.4. The fourth-order valence-corrected chi connectivity index (χ4v) is 5.72. The minimum absolute atomic E-state index is 0.0488. The van der Waals surface area contributed by atoms with Crippen LogP contribution in [0.5, 0.6) is 0 Å². The van der Waals surface area contributed by atoms with E-state index in [-0.39, 0.29) is 11.1 Å². The topological polar surface area (TPSA) is 0 Å². The molecule has 4 heteroatoms. The number of hydrogen-bond donors (Lipinski definition) is 0. The molecule has 2 unspecified atom stereocenters. The summed E-state index contributed by atoms with van der Waals surface area (Å²) >= 11 is 0. The Labute approximate surface area is 101 Å². The van der Waals surface area contributed by atoms with Gasteiger partial charge in [-0.15, -0.1) is 0 Å². The Morgan fingerprint density at radius 3 is 1.19 bits per heavy atom. The summed E-state index contributed by atoms with van der Waals surface area (Å²) in [6.45, 7) is 11.1. The second kappa shape index (κ2) is 5.97. The summed E-state index contributed by atoms with van der Waals surface area (Å²) in [5.41, 5.74) is 5.36. The zero-order valence-corrected chi connectivity index (χ0v) is 13.3. The van der Waals surface area contributed by atoms with Crippen molar-refractivity contribution in [1.82, 2.24) is 0 Å². The average Bonchev–Trinajstić information content (AvgIpc) is 2.24. The maximum Gasteiger partial charge on any atom is 0.324 e. The van der Waals surface area contributed by atoms with Crippen molar-refractivity contribution < 1.29 is 8.22 Å². The van der Waals surface area contributed by atoms with Gasteiger partial charge < -0.3 is 0 Å². The zero-order valence-electron chi connectivity index (χ0n) is 11.3. The number of rotatable bonds is 4. The SMILES string of the molecule is CC[Si](F)(C#C[Si](F)(CC)C(C)C)C(C)C. The van der Waals surface area contributed by atoms with E-state index in [1.807, 2.05) is 41.5 Å². The van der Waals surface area contributed by atoms with Gasteiger partial charge in [0.2, 0.25) is 0 Å². The molecule has 0 aromatic carbocycles. The van der Waals surface area contributed by atoms with Crippen LogP contribution in [0.25, 0.3) is 0 Å². The third-order valence-electron chi connectivity index (χ3n) is 3.34. The highest BCUT2D eigenvalue weighted by molar-refractivity contribution is 6.87. The molecule has 0 saturated carbocycles. The fraction of sp³-hybridized carbons (Fsp3) is 0.833. The molecule has 0 saturated heterocycles. The van der Waals surface area contributed by atoms with Crippen molar-refractivity contribution in [3.8, 4) is 11.1 Å². The van der Waals surface area contributed by atoms with Crippen LogP contribution in [0.2, 0.25) is 23.2 Å². The van der Waals surface area contributed by atoms with Gasteiger partial charge in [0.1, 0.15) is 0 Å². The van der Waals surface area contributed by atoms with E-state index >= 15 is 0 Å². The predicted molar refractivity (Wildman–Crippen MR) is 72.7 cm³/mol. The molecule has 0 aliphatic carbocycles. The van der Waals surface area contributed by atoms with E-state index in [0.717, 1.165) is 0 Å². The molecular weight excluding hydrogens is 238 g/mol. The van der Waals surface area contributed by atoms with Gasteiger partial charge in [0, 0.05) is 0 Å². The molecule has 0 aromatic rings. The normalized spacial score (nSPS) is 18.9. The predicted octanol–water partition coefficient (Wildman–Crippen LogP) is 4.76. The van der Waals surface area contributed by atoms with Crippen LogP contribution in [0.3, 0.4) is 0 Å². The lowest BCUT2D eigenvalue weighted by Crippen LogP contribution is -2.34. The summed E-state index contributed by atoms with van der Waals surface area (Å²) < 4.78 is 28.8. The van der Waals surface area contributed by atoms with Crippen LogP contribution >= 0.6 is 0 Å². The minimum Gasteiger partial charge on any atom is -0.297 e. The fourth-order valence-electron chi connectivity index (χ4n) is 1.49. The van der Waals surface area contributed by atoms with E-state index in [0.29, 0.717) is 12.1 Å². The molecule has 0 bridgehead atoms. The summed E-state index contributed by atoms with van der Waals surface area (Å²) in [6.07, 6.45) is 0. The first-order chi connectivity index (χ1) is 7.22. The van der Waals surface area contributed by atoms with Gasteiger partial charge in [0.15, 0.2) is 0 Å².